The summed E-state index contributed by atoms with van der Waals surface area (Å²) in [5.74, 6) is 0.116. The van der Waals surface area contributed by atoms with Crippen LogP contribution in [0.5, 0.6) is 5.75 Å². The summed E-state index contributed by atoms with van der Waals surface area (Å²) in [5.41, 5.74) is 1.30. The number of aliphatic hydroxyl groups is 1. The van der Waals surface area contributed by atoms with Crippen molar-refractivity contribution in [2.24, 2.45) is 0 Å². The van der Waals surface area contributed by atoms with Crippen LogP contribution in [0.15, 0.2) is 24.8 Å². The lowest BCUT2D eigenvalue weighted by molar-refractivity contribution is 0.275. The number of aliphatic hydroxyl groups excluding tert-OH is 1. The number of hydrogen-bond donors (Lipinski definition) is 2. The van der Waals surface area contributed by atoms with E-state index in [-0.39, 0.29) is 12.4 Å². The van der Waals surface area contributed by atoms with Gasteiger partial charge in [0.15, 0.2) is 0 Å². The Labute approximate surface area is 65.4 Å². The quantitative estimate of drug-likeness (QED) is 0.671. The molecule has 0 radical (unpaired) electrons. The minimum Gasteiger partial charge on any atom is -0.508 e. The Morgan fingerprint density at radius 2 is 2.18 bits per heavy atom. The van der Waals surface area contributed by atoms with Gasteiger partial charge in [-0.2, -0.15) is 0 Å². The molecule has 0 amide bonds. The van der Waals surface area contributed by atoms with E-state index in [1.807, 2.05) is 0 Å². The molecular formula is C9H10O2. The Hall–Kier alpha value is -1.28. The summed E-state index contributed by atoms with van der Waals surface area (Å²) in [6.45, 7) is 3.40. The molecule has 0 aliphatic heterocycles. The molecule has 0 fully saturated rings. The van der Waals surface area contributed by atoms with Crippen LogP contribution < -0.4 is 0 Å². The molecule has 11 heavy (non-hydrogen) atoms. The zero-order chi connectivity index (χ0) is 8.27. The summed E-state index contributed by atoms with van der Waals surface area (Å²) in [5, 5.41) is 18.0. The van der Waals surface area contributed by atoms with Crippen LogP contribution in [0.1, 0.15) is 11.1 Å². The molecule has 0 aromatic heterocycles. The van der Waals surface area contributed by atoms with Gasteiger partial charge in [0, 0.05) is 5.56 Å². The van der Waals surface area contributed by atoms with Crippen molar-refractivity contribution in [3.8, 4) is 5.75 Å². The zero-order valence-electron chi connectivity index (χ0n) is 6.12. The number of phenols is 1. The number of benzene rings is 1. The monoisotopic (exact) mass is 150 g/mol. The van der Waals surface area contributed by atoms with Crippen molar-refractivity contribution in [1.82, 2.24) is 0 Å². The van der Waals surface area contributed by atoms with Crippen molar-refractivity contribution in [3.05, 3.63) is 35.9 Å². The van der Waals surface area contributed by atoms with Gasteiger partial charge >= 0.3 is 0 Å². The van der Waals surface area contributed by atoms with Crippen molar-refractivity contribution in [1.29, 1.82) is 0 Å². The molecule has 58 valence electrons. The second-order valence-electron chi connectivity index (χ2n) is 2.21. The second-order valence-corrected chi connectivity index (χ2v) is 2.21. The van der Waals surface area contributed by atoms with E-state index in [9.17, 15) is 5.11 Å². The van der Waals surface area contributed by atoms with Crippen molar-refractivity contribution >= 4 is 6.08 Å². The van der Waals surface area contributed by atoms with Crippen LogP contribution in [0, 0.1) is 0 Å². The summed E-state index contributed by atoms with van der Waals surface area (Å²) in [7, 11) is 0. The molecule has 2 N–H and O–H groups in total. The molecule has 0 spiro atoms. The third-order valence-electron chi connectivity index (χ3n) is 1.57. The maximum absolute atomic E-state index is 9.21. The summed E-state index contributed by atoms with van der Waals surface area (Å²) in [6, 6.07) is 5.04. The molecule has 0 bridgehead atoms. The van der Waals surface area contributed by atoms with Crippen LogP contribution in [0.3, 0.4) is 0 Å². The summed E-state index contributed by atoms with van der Waals surface area (Å²) in [4.78, 5) is 0. The topological polar surface area (TPSA) is 40.5 Å². The third kappa shape index (κ3) is 1.41. The highest BCUT2D eigenvalue weighted by Gasteiger charge is 2.01. The highest BCUT2D eigenvalue weighted by Crippen LogP contribution is 2.21. The Bertz CT molecular complexity index is 266. The van der Waals surface area contributed by atoms with E-state index in [0.717, 1.165) is 5.56 Å². The molecule has 0 saturated carbocycles. The van der Waals surface area contributed by atoms with Crippen LogP contribution in [0.4, 0.5) is 0 Å². The lowest BCUT2D eigenvalue weighted by Crippen LogP contribution is -1.87. The highest BCUT2D eigenvalue weighted by atomic mass is 16.3. The molecule has 0 unspecified atom stereocenters. The number of rotatable bonds is 2. The second kappa shape index (κ2) is 3.21. The van der Waals surface area contributed by atoms with Crippen molar-refractivity contribution < 1.29 is 10.2 Å². The molecule has 0 heterocycles. The maximum Gasteiger partial charge on any atom is 0.121 e. The molecule has 1 aromatic rings. The van der Waals surface area contributed by atoms with E-state index < -0.39 is 0 Å². The van der Waals surface area contributed by atoms with E-state index in [0.29, 0.717) is 5.56 Å². The van der Waals surface area contributed by atoms with E-state index in [1.165, 1.54) is 0 Å². The highest BCUT2D eigenvalue weighted by molar-refractivity contribution is 5.55. The summed E-state index contributed by atoms with van der Waals surface area (Å²) < 4.78 is 0. The molecular weight excluding hydrogens is 140 g/mol. The van der Waals surface area contributed by atoms with E-state index in [4.69, 9.17) is 5.11 Å². The first-order valence-corrected chi connectivity index (χ1v) is 3.33. The van der Waals surface area contributed by atoms with Gasteiger partial charge in [-0.25, -0.2) is 0 Å². The first kappa shape index (κ1) is 7.82. The standard InChI is InChI=1S/C9H10O2/c1-2-7-4-3-5-9(11)8(7)6-10/h2-5,10-11H,1,6H2. The van der Waals surface area contributed by atoms with Crippen molar-refractivity contribution in [2.75, 3.05) is 0 Å². The minimum atomic E-state index is -0.159. The number of hydrogen-bond acceptors (Lipinski definition) is 2. The Balaban J connectivity index is 3.23. The van der Waals surface area contributed by atoms with Gasteiger partial charge in [-0.05, 0) is 11.6 Å². The Morgan fingerprint density at radius 1 is 1.45 bits per heavy atom. The van der Waals surface area contributed by atoms with E-state index in [2.05, 4.69) is 6.58 Å². The predicted octanol–water partition coefficient (Wildman–Crippen LogP) is 1.53. The van der Waals surface area contributed by atoms with Crippen molar-refractivity contribution in [2.45, 2.75) is 6.61 Å². The van der Waals surface area contributed by atoms with Gasteiger partial charge in [-0.15, -0.1) is 0 Å². The van der Waals surface area contributed by atoms with Gasteiger partial charge in [0.05, 0.1) is 6.61 Å². The predicted molar refractivity (Wildman–Crippen MR) is 44.1 cm³/mol. The lowest BCUT2D eigenvalue weighted by Gasteiger charge is -2.03. The fourth-order valence-corrected chi connectivity index (χ4v) is 0.956. The normalized spacial score (nSPS) is 9.55. The third-order valence-corrected chi connectivity index (χ3v) is 1.57. The molecule has 0 aliphatic carbocycles. The summed E-state index contributed by atoms with van der Waals surface area (Å²) >= 11 is 0. The summed E-state index contributed by atoms with van der Waals surface area (Å²) in [6.07, 6.45) is 1.60. The molecule has 1 rings (SSSR count). The van der Waals surface area contributed by atoms with Crippen LogP contribution >= 0.6 is 0 Å². The first-order chi connectivity index (χ1) is 5.29. The van der Waals surface area contributed by atoms with Crippen molar-refractivity contribution in [3.63, 3.8) is 0 Å². The minimum absolute atomic E-state index is 0.116. The molecule has 2 heteroatoms. The van der Waals surface area contributed by atoms with Crippen LogP contribution in [0.2, 0.25) is 0 Å². The van der Waals surface area contributed by atoms with E-state index >= 15 is 0 Å². The Morgan fingerprint density at radius 3 is 2.64 bits per heavy atom. The largest absolute Gasteiger partial charge is 0.508 e. The van der Waals surface area contributed by atoms with Gasteiger partial charge in [0.25, 0.3) is 0 Å². The molecule has 0 atom stereocenters. The van der Waals surface area contributed by atoms with Crippen LogP contribution in [0.25, 0.3) is 6.08 Å². The smallest absolute Gasteiger partial charge is 0.121 e. The SMILES string of the molecule is C=Cc1cccc(O)c1CO. The fraction of sp³-hybridized carbons (Fsp3) is 0.111. The van der Waals surface area contributed by atoms with Gasteiger partial charge in [-0.3, -0.25) is 0 Å². The first-order valence-electron chi connectivity index (χ1n) is 3.33. The molecule has 0 saturated heterocycles. The van der Waals surface area contributed by atoms with Gasteiger partial charge in [0.2, 0.25) is 0 Å². The average Bonchev–Trinajstić information content (AvgIpc) is 2.04. The average molecular weight is 150 g/mol. The molecule has 1 aromatic carbocycles. The molecule has 2 nitrogen and oxygen atoms in total. The molecule has 0 aliphatic rings. The maximum atomic E-state index is 9.21. The number of aromatic hydroxyl groups is 1. The fourth-order valence-electron chi connectivity index (χ4n) is 0.956. The lowest BCUT2D eigenvalue weighted by atomic mass is 10.1. The van der Waals surface area contributed by atoms with Crippen LogP contribution in [-0.2, 0) is 6.61 Å². The van der Waals surface area contributed by atoms with E-state index in [1.54, 1.807) is 24.3 Å². The zero-order valence-corrected chi connectivity index (χ0v) is 6.12. The van der Waals surface area contributed by atoms with Gasteiger partial charge in [-0.1, -0.05) is 24.8 Å². The van der Waals surface area contributed by atoms with Crippen LogP contribution in [-0.4, -0.2) is 10.2 Å². The Kier molecular flexibility index (Phi) is 2.28. The van der Waals surface area contributed by atoms with Gasteiger partial charge in [0.1, 0.15) is 5.75 Å². The van der Waals surface area contributed by atoms with Gasteiger partial charge < -0.3 is 10.2 Å².